The Hall–Kier alpha value is -0.660. The van der Waals surface area contributed by atoms with Crippen LogP contribution >= 0.6 is 0 Å². The van der Waals surface area contributed by atoms with Crippen LogP contribution in [0.25, 0.3) is 0 Å². The van der Waals surface area contributed by atoms with Crippen molar-refractivity contribution in [3.8, 4) is 0 Å². The number of nitrogens with one attached hydrogen (secondary N) is 1. The van der Waals surface area contributed by atoms with Gasteiger partial charge in [-0.3, -0.25) is 4.79 Å². The molecule has 0 spiro atoms. The molecule has 1 aliphatic carbocycles. The molecular weight excluding hydrogens is 196 g/mol. The van der Waals surface area contributed by atoms with Crippen LogP contribution in [-0.2, 0) is 15.0 Å². The number of aliphatic carboxylic acids is 1. The normalized spacial score (nSPS) is 29.0. The molecule has 13 heavy (non-hydrogen) atoms. The van der Waals surface area contributed by atoms with Crippen LogP contribution in [0, 0.1) is 5.92 Å². The van der Waals surface area contributed by atoms with Crippen molar-refractivity contribution in [2.24, 2.45) is 11.1 Å². The first-order chi connectivity index (χ1) is 5.88. The summed E-state index contributed by atoms with van der Waals surface area (Å²) in [7, 11) is -3.70. The first kappa shape index (κ1) is 10.4. The molecule has 0 bridgehead atoms. The predicted molar refractivity (Wildman–Crippen MR) is 45.0 cm³/mol. The summed E-state index contributed by atoms with van der Waals surface area (Å²) in [5.41, 5.74) is 0. The van der Waals surface area contributed by atoms with Gasteiger partial charge in [-0.2, -0.15) is 13.1 Å². The molecule has 1 saturated carbocycles. The van der Waals surface area contributed by atoms with Crippen molar-refractivity contribution >= 4 is 16.2 Å². The van der Waals surface area contributed by atoms with E-state index >= 15 is 0 Å². The van der Waals surface area contributed by atoms with Gasteiger partial charge in [0.25, 0.3) is 10.2 Å². The van der Waals surface area contributed by atoms with Crippen LogP contribution < -0.4 is 9.86 Å². The van der Waals surface area contributed by atoms with Crippen LogP contribution in [0.4, 0.5) is 0 Å². The summed E-state index contributed by atoms with van der Waals surface area (Å²) in [6.07, 6.45) is 1.36. The van der Waals surface area contributed by atoms with Crippen LogP contribution in [-0.4, -0.2) is 25.5 Å². The molecule has 6 nitrogen and oxygen atoms in total. The van der Waals surface area contributed by atoms with Gasteiger partial charge in [-0.1, -0.05) is 0 Å². The highest BCUT2D eigenvalue weighted by Gasteiger charge is 2.31. The van der Waals surface area contributed by atoms with Gasteiger partial charge in [-0.05, 0) is 19.3 Å². The van der Waals surface area contributed by atoms with Gasteiger partial charge in [0.05, 0.1) is 5.92 Å². The topological polar surface area (TPSA) is 109 Å². The summed E-state index contributed by atoms with van der Waals surface area (Å²) in [4.78, 5) is 10.5. The Morgan fingerprint density at radius 3 is 2.46 bits per heavy atom. The number of carboxylic acids is 1. The fourth-order valence-electron chi connectivity index (χ4n) is 1.55. The van der Waals surface area contributed by atoms with E-state index in [9.17, 15) is 13.2 Å². The Labute approximate surface area is 76.3 Å². The SMILES string of the molecule is NS(=O)(=O)NC1CCC(C(=O)O)C1. The van der Waals surface area contributed by atoms with Crippen LogP contribution in [0.2, 0.25) is 0 Å². The first-order valence-electron chi connectivity index (χ1n) is 3.91. The number of hydrogen-bond acceptors (Lipinski definition) is 3. The standard InChI is InChI=1S/C6H12N2O4S/c7-13(11,12)8-5-2-1-4(3-5)6(9)10/h4-5,8H,1-3H2,(H,9,10)(H2,7,11,12). The third-order valence-corrected chi connectivity index (χ3v) is 2.77. The third-order valence-electron chi connectivity index (χ3n) is 2.11. The number of rotatable bonds is 3. The molecule has 0 aliphatic heterocycles. The van der Waals surface area contributed by atoms with Crippen LogP contribution in [0.5, 0.6) is 0 Å². The van der Waals surface area contributed by atoms with E-state index in [1.54, 1.807) is 0 Å². The maximum Gasteiger partial charge on any atom is 0.306 e. The molecule has 0 heterocycles. The lowest BCUT2D eigenvalue weighted by molar-refractivity contribution is -0.141. The monoisotopic (exact) mass is 208 g/mol. The van der Waals surface area contributed by atoms with E-state index in [4.69, 9.17) is 10.2 Å². The molecule has 1 aliphatic rings. The van der Waals surface area contributed by atoms with Crippen LogP contribution in [0.1, 0.15) is 19.3 Å². The minimum Gasteiger partial charge on any atom is -0.481 e. The number of carboxylic acid groups (broad SMARTS) is 1. The zero-order valence-corrected chi connectivity index (χ0v) is 7.75. The lowest BCUT2D eigenvalue weighted by Gasteiger charge is -2.08. The average Bonchev–Trinajstić information content (AvgIpc) is 2.31. The molecule has 1 fully saturated rings. The van der Waals surface area contributed by atoms with Crippen molar-refractivity contribution < 1.29 is 18.3 Å². The largest absolute Gasteiger partial charge is 0.481 e. The Balaban J connectivity index is 2.47. The predicted octanol–water partition coefficient (Wildman–Crippen LogP) is -0.967. The van der Waals surface area contributed by atoms with Gasteiger partial charge in [0, 0.05) is 6.04 Å². The Morgan fingerprint density at radius 2 is 2.08 bits per heavy atom. The van der Waals surface area contributed by atoms with E-state index in [-0.39, 0.29) is 6.04 Å². The second-order valence-corrected chi connectivity index (χ2v) is 4.53. The molecular formula is C6H12N2O4S. The zero-order valence-electron chi connectivity index (χ0n) is 6.93. The van der Waals surface area contributed by atoms with E-state index in [0.717, 1.165) is 0 Å². The first-order valence-corrected chi connectivity index (χ1v) is 5.46. The Morgan fingerprint density at radius 1 is 1.46 bits per heavy atom. The van der Waals surface area contributed by atoms with Gasteiger partial charge in [-0.15, -0.1) is 0 Å². The highest BCUT2D eigenvalue weighted by molar-refractivity contribution is 7.87. The maximum absolute atomic E-state index is 10.6. The van der Waals surface area contributed by atoms with Crippen molar-refractivity contribution in [1.82, 2.24) is 4.72 Å². The van der Waals surface area contributed by atoms with Crippen molar-refractivity contribution in [3.05, 3.63) is 0 Å². The van der Waals surface area contributed by atoms with Gasteiger partial charge < -0.3 is 5.11 Å². The van der Waals surface area contributed by atoms with E-state index < -0.39 is 22.1 Å². The molecule has 1 rings (SSSR count). The van der Waals surface area contributed by atoms with Crippen molar-refractivity contribution in [2.75, 3.05) is 0 Å². The van der Waals surface area contributed by atoms with Crippen molar-refractivity contribution in [2.45, 2.75) is 25.3 Å². The molecule has 4 N–H and O–H groups in total. The summed E-state index contributed by atoms with van der Waals surface area (Å²) in [5, 5.41) is 13.4. The minimum atomic E-state index is -3.70. The Bertz CT molecular complexity index is 300. The number of hydrogen-bond donors (Lipinski definition) is 3. The molecule has 0 radical (unpaired) electrons. The molecule has 0 aromatic rings. The van der Waals surface area contributed by atoms with Gasteiger partial charge in [0.15, 0.2) is 0 Å². The maximum atomic E-state index is 10.6. The third kappa shape index (κ3) is 3.29. The molecule has 0 amide bonds. The summed E-state index contributed by atoms with van der Waals surface area (Å²) in [6.45, 7) is 0. The quantitative estimate of drug-likeness (QED) is 0.554. The molecule has 2 atom stereocenters. The fraction of sp³-hybridized carbons (Fsp3) is 0.833. The van der Waals surface area contributed by atoms with Gasteiger partial charge >= 0.3 is 5.97 Å². The molecule has 2 unspecified atom stereocenters. The molecule has 0 aromatic carbocycles. The molecule has 0 aromatic heterocycles. The smallest absolute Gasteiger partial charge is 0.306 e. The fourth-order valence-corrected chi connectivity index (χ4v) is 2.22. The van der Waals surface area contributed by atoms with Gasteiger partial charge in [0.2, 0.25) is 0 Å². The van der Waals surface area contributed by atoms with Gasteiger partial charge in [-0.25, -0.2) is 5.14 Å². The minimum absolute atomic E-state index is 0.323. The molecule has 7 heteroatoms. The lowest BCUT2D eigenvalue weighted by Crippen LogP contribution is -2.38. The second-order valence-electron chi connectivity index (χ2n) is 3.21. The highest BCUT2D eigenvalue weighted by Crippen LogP contribution is 2.25. The zero-order chi connectivity index (χ0) is 10.1. The lowest BCUT2D eigenvalue weighted by atomic mass is 10.1. The summed E-state index contributed by atoms with van der Waals surface area (Å²) >= 11 is 0. The van der Waals surface area contributed by atoms with Crippen LogP contribution in [0.3, 0.4) is 0 Å². The van der Waals surface area contributed by atoms with E-state index in [1.807, 2.05) is 0 Å². The number of nitrogens with two attached hydrogens (primary N) is 1. The van der Waals surface area contributed by atoms with E-state index in [2.05, 4.69) is 4.72 Å². The Kier molecular flexibility index (Phi) is 2.89. The summed E-state index contributed by atoms with van der Waals surface area (Å²) < 4.78 is 23.4. The average molecular weight is 208 g/mol. The number of carbonyl (C=O) groups is 1. The molecule has 76 valence electrons. The highest BCUT2D eigenvalue weighted by atomic mass is 32.2. The van der Waals surface area contributed by atoms with Crippen molar-refractivity contribution in [3.63, 3.8) is 0 Å². The van der Waals surface area contributed by atoms with E-state index in [1.165, 1.54) is 0 Å². The van der Waals surface area contributed by atoms with E-state index in [0.29, 0.717) is 19.3 Å². The van der Waals surface area contributed by atoms with Gasteiger partial charge in [0.1, 0.15) is 0 Å². The summed E-state index contributed by atoms with van der Waals surface area (Å²) in [6, 6.07) is -0.323. The van der Waals surface area contributed by atoms with Crippen molar-refractivity contribution in [1.29, 1.82) is 0 Å². The van der Waals surface area contributed by atoms with Crippen LogP contribution in [0.15, 0.2) is 0 Å². The summed E-state index contributed by atoms with van der Waals surface area (Å²) in [5.74, 6) is -1.32. The second kappa shape index (κ2) is 3.60. The molecule has 0 saturated heterocycles.